The van der Waals surface area contributed by atoms with Crippen molar-refractivity contribution in [2.24, 2.45) is 11.8 Å². The van der Waals surface area contributed by atoms with Crippen LogP contribution >= 0.6 is 0 Å². The minimum absolute atomic E-state index is 0.0700. The van der Waals surface area contributed by atoms with E-state index in [1.807, 2.05) is 0 Å². The van der Waals surface area contributed by atoms with Gasteiger partial charge in [-0.15, -0.1) is 0 Å². The number of hydrogen-bond acceptors (Lipinski definition) is 4. The molecule has 0 aromatic rings. The Morgan fingerprint density at radius 1 is 1.50 bits per heavy atom. The second kappa shape index (κ2) is 9.70. The number of ether oxygens (including phenoxy) is 1. The number of esters is 1. The van der Waals surface area contributed by atoms with Crippen molar-refractivity contribution < 1.29 is 14.3 Å². The Morgan fingerprint density at radius 3 is 2.61 bits per heavy atom. The number of methoxy groups -OCH3 is 1. The molecule has 0 aliphatic heterocycles. The molecule has 5 heteroatoms. The maximum absolute atomic E-state index is 11.3. The summed E-state index contributed by atoms with van der Waals surface area (Å²) >= 11 is 0. The smallest absolute Gasteiger partial charge is 0.307 e. The Kier molecular flexibility index (Phi) is 8.99. The van der Waals surface area contributed by atoms with Gasteiger partial charge in [-0.2, -0.15) is 0 Å². The number of unbranched alkanes of at least 4 members (excludes halogenated alkanes) is 1. The summed E-state index contributed by atoms with van der Waals surface area (Å²) in [6.45, 7) is 3.56. The second-order valence-corrected chi connectivity index (χ2v) is 4.76. The number of nitriles is 1. The van der Waals surface area contributed by atoms with E-state index < -0.39 is 0 Å². The molecule has 4 nitrogen and oxygen atoms in total. The summed E-state index contributed by atoms with van der Waals surface area (Å²) in [5, 5.41) is 9.08. The quantitative estimate of drug-likeness (QED) is 0.358. The van der Waals surface area contributed by atoms with Crippen LogP contribution in [0.5, 0.6) is 0 Å². The number of aldehydes is 1. The summed E-state index contributed by atoms with van der Waals surface area (Å²) in [5.74, 6) is 1.52. The molecule has 0 radical (unpaired) electrons. The topological polar surface area (TPSA) is 67.2 Å². The predicted octanol–water partition coefficient (Wildman–Crippen LogP) is 2.36. The summed E-state index contributed by atoms with van der Waals surface area (Å²) in [5.41, 5.74) is 0. The molecule has 18 heavy (non-hydrogen) atoms. The SMILES string of the molecule is CCCCC(C=O)CB(C#N)CC(C)C(=O)OC. The number of nitrogens with zero attached hydrogens (tertiary/aromatic N) is 1. The van der Waals surface area contributed by atoms with Crippen LogP contribution in [0.2, 0.25) is 12.6 Å². The molecule has 0 rings (SSSR count). The lowest BCUT2D eigenvalue weighted by atomic mass is 9.42. The first kappa shape index (κ1) is 16.7. The van der Waals surface area contributed by atoms with Crippen LogP contribution in [0.15, 0.2) is 0 Å². The highest BCUT2D eigenvalue weighted by molar-refractivity contribution is 6.67. The Bertz CT molecular complexity index is 301. The molecule has 2 unspecified atom stereocenters. The zero-order valence-electron chi connectivity index (χ0n) is 11.5. The molecule has 0 spiro atoms. The van der Waals surface area contributed by atoms with E-state index in [0.717, 1.165) is 25.5 Å². The van der Waals surface area contributed by atoms with E-state index in [1.54, 1.807) is 6.92 Å². The highest BCUT2D eigenvalue weighted by atomic mass is 16.5. The Labute approximate surface area is 110 Å². The van der Waals surface area contributed by atoms with Gasteiger partial charge < -0.3 is 9.53 Å². The molecule has 0 amide bonds. The molecule has 100 valence electrons. The van der Waals surface area contributed by atoms with Crippen LogP contribution in [-0.4, -0.2) is 26.1 Å². The van der Waals surface area contributed by atoms with Gasteiger partial charge in [0.15, 0.2) is 0 Å². The molecule has 0 aromatic carbocycles. The van der Waals surface area contributed by atoms with Crippen LogP contribution in [-0.2, 0) is 14.3 Å². The molecular formula is C13H22BNO3. The molecule has 0 N–H and O–H groups in total. The van der Waals surface area contributed by atoms with E-state index in [4.69, 9.17) is 5.26 Å². The molecule has 0 aromatic heterocycles. The van der Waals surface area contributed by atoms with Crippen LogP contribution in [0.3, 0.4) is 0 Å². The van der Waals surface area contributed by atoms with Crippen LogP contribution in [0, 0.1) is 23.1 Å². The second-order valence-electron chi connectivity index (χ2n) is 4.76. The van der Waals surface area contributed by atoms with Gasteiger partial charge in [-0.25, -0.2) is 5.26 Å². The van der Waals surface area contributed by atoms with Crippen molar-refractivity contribution in [2.75, 3.05) is 7.11 Å². The van der Waals surface area contributed by atoms with E-state index in [1.165, 1.54) is 7.11 Å². The predicted molar refractivity (Wildman–Crippen MR) is 71.2 cm³/mol. The zero-order valence-corrected chi connectivity index (χ0v) is 11.5. The van der Waals surface area contributed by atoms with Crippen LogP contribution < -0.4 is 0 Å². The van der Waals surface area contributed by atoms with Gasteiger partial charge >= 0.3 is 5.97 Å². The van der Waals surface area contributed by atoms with Crippen molar-refractivity contribution in [1.29, 1.82) is 5.26 Å². The number of rotatable bonds is 9. The first-order valence-corrected chi connectivity index (χ1v) is 6.51. The molecule has 0 aliphatic rings. The average Bonchev–Trinajstić information content (AvgIpc) is 2.40. The van der Waals surface area contributed by atoms with Gasteiger partial charge in [-0.05, 0) is 12.7 Å². The van der Waals surface area contributed by atoms with Gasteiger partial charge in [0, 0.05) is 17.8 Å². The van der Waals surface area contributed by atoms with Crippen molar-refractivity contribution in [3.8, 4) is 5.97 Å². The highest BCUT2D eigenvalue weighted by Crippen LogP contribution is 2.18. The van der Waals surface area contributed by atoms with Gasteiger partial charge in [0.1, 0.15) is 6.29 Å². The van der Waals surface area contributed by atoms with Crippen LogP contribution in [0.4, 0.5) is 0 Å². The average molecular weight is 251 g/mol. The lowest BCUT2D eigenvalue weighted by molar-refractivity contribution is -0.144. The van der Waals surface area contributed by atoms with Gasteiger partial charge in [-0.1, -0.05) is 33.0 Å². The van der Waals surface area contributed by atoms with Gasteiger partial charge in [0.25, 0.3) is 6.71 Å². The first-order chi connectivity index (χ1) is 8.58. The summed E-state index contributed by atoms with van der Waals surface area (Å²) in [7, 11) is 1.34. The summed E-state index contributed by atoms with van der Waals surface area (Å²) in [4.78, 5) is 22.2. The van der Waals surface area contributed by atoms with E-state index in [9.17, 15) is 9.59 Å². The van der Waals surface area contributed by atoms with Crippen molar-refractivity contribution in [3.63, 3.8) is 0 Å². The lowest BCUT2D eigenvalue weighted by Gasteiger charge is -2.14. The number of carbonyl (C=O) groups is 2. The van der Waals surface area contributed by atoms with Gasteiger partial charge in [-0.3, -0.25) is 4.79 Å². The summed E-state index contributed by atoms with van der Waals surface area (Å²) in [6, 6.07) is 0. The molecule has 0 heterocycles. The maximum atomic E-state index is 11.3. The maximum Gasteiger partial charge on any atom is 0.307 e. The van der Waals surface area contributed by atoms with Gasteiger partial charge in [0.2, 0.25) is 0 Å². The van der Waals surface area contributed by atoms with Crippen molar-refractivity contribution in [3.05, 3.63) is 0 Å². The lowest BCUT2D eigenvalue weighted by Crippen LogP contribution is -2.23. The van der Waals surface area contributed by atoms with Crippen molar-refractivity contribution >= 4 is 19.0 Å². The fraction of sp³-hybridized carbons (Fsp3) is 0.769. The third-order valence-electron chi connectivity index (χ3n) is 3.13. The standard InChI is InChI=1S/C13H22BNO3/c1-4-5-6-12(9-16)8-14(10-15)7-11(2)13(17)18-3/h9,11-12H,4-8H2,1-3H3. The summed E-state index contributed by atoms with van der Waals surface area (Å²) in [6.07, 6.45) is 4.79. The van der Waals surface area contributed by atoms with Crippen LogP contribution in [0.25, 0.3) is 0 Å². The third kappa shape index (κ3) is 6.44. The first-order valence-electron chi connectivity index (χ1n) is 6.51. The monoisotopic (exact) mass is 251 g/mol. The van der Waals surface area contributed by atoms with E-state index in [0.29, 0.717) is 12.6 Å². The summed E-state index contributed by atoms with van der Waals surface area (Å²) < 4.78 is 4.64. The minimum Gasteiger partial charge on any atom is -0.469 e. The minimum atomic E-state index is -0.300. The van der Waals surface area contributed by atoms with E-state index >= 15 is 0 Å². The Balaban J connectivity index is 4.28. The normalized spacial score (nSPS) is 13.2. The molecule has 0 bridgehead atoms. The van der Waals surface area contributed by atoms with E-state index in [-0.39, 0.29) is 24.5 Å². The highest BCUT2D eigenvalue weighted by Gasteiger charge is 2.25. The van der Waals surface area contributed by atoms with Crippen molar-refractivity contribution in [1.82, 2.24) is 0 Å². The molecule has 0 fully saturated rings. The van der Waals surface area contributed by atoms with Crippen molar-refractivity contribution in [2.45, 2.75) is 45.8 Å². The Hall–Kier alpha value is -1.31. The molecular weight excluding hydrogens is 229 g/mol. The molecule has 0 saturated carbocycles. The largest absolute Gasteiger partial charge is 0.469 e. The fourth-order valence-corrected chi connectivity index (χ4v) is 2.00. The Morgan fingerprint density at radius 2 is 2.17 bits per heavy atom. The van der Waals surface area contributed by atoms with E-state index in [2.05, 4.69) is 17.6 Å². The third-order valence-corrected chi connectivity index (χ3v) is 3.13. The molecule has 0 aliphatic carbocycles. The molecule has 2 atom stereocenters. The zero-order chi connectivity index (χ0) is 14.0. The fourth-order valence-electron chi connectivity index (χ4n) is 2.00. The number of hydrogen-bond donors (Lipinski definition) is 0. The van der Waals surface area contributed by atoms with Gasteiger partial charge in [0.05, 0.1) is 7.11 Å². The number of carbonyl (C=O) groups excluding carboxylic acids is 2. The van der Waals surface area contributed by atoms with Crippen LogP contribution in [0.1, 0.15) is 33.1 Å². The molecule has 0 saturated heterocycles.